The summed E-state index contributed by atoms with van der Waals surface area (Å²) in [6.45, 7) is 1.97. The molecule has 0 aliphatic rings. The molecule has 1 amide bonds. The van der Waals surface area contributed by atoms with Crippen LogP contribution >= 0.6 is 23.4 Å². The number of benzene rings is 2. The number of alkyl halides is 3. The van der Waals surface area contributed by atoms with Crippen LogP contribution in [0, 0.1) is 6.92 Å². The maximum atomic E-state index is 12.9. The number of nitrogens with one attached hydrogen (secondary N) is 1. The Labute approximate surface area is 167 Å². The van der Waals surface area contributed by atoms with Gasteiger partial charge in [0.1, 0.15) is 6.33 Å². The molecule has 0 saturated heterocycles. The first-order chi connectivity index (χ1) is 13.2. The SMILES string of the molecule is Cc1ccc(-n2cnnc2SCC(=O)Nc2ccc(Cl)c(C(F)(F)F)c2)cc1. The second-order valence-corrected chi connectivity index (χ2v) is 7.20. The number of carbonyl (C=O) groups excluding carboxylic acids is 1. The highest BCUT2D eigenvalue weighted by Gasteiger charge is 2.33. The fourth-order valence-corrected chi connectivity index (χ4v) is 3.31. The zero-order valence-electron chi connectivity index (χ0n) is 14.5. The van der Waals surface area contributed by atoms with Crippen LogP contribution in [0.1, 0.15) is 11.1 Å². The molecule has 0 aliphatic heterocycles. The Balaban J connectivity index is 1.66. The minimum Gasteiger partial charge on any atom is -0.325 e. The first-order valence-electron chi connectivity index (χ1n) is 8.00. The Bertz CT molecular complexity index is 989. The number of halogens is 4. The van der Waals surface area contributed by atoms with E-state index in [4.69, 9.17) is 11.6 Å². The van der Waals surface area contributed by atoms with Gasteiger partial charge in [0.05, 0.1) is 16.3 Å². The molecule has 28 heavy (non-hydrogen) atoms. The first kappa shape index (κ1) is 20.2. The van der Waals surface area contributed by atoms with Gasteiger partial charge in [-0.15, -0.1) is 10.2 Å². The number of nitrogens with zero attached hydrogens (tertiary/aromatic N) is 3. The normalized spacial score (nSPS) is 11.5. The lowest BCUT2D eigenvalue weighted by Gasteiger charge is -2.12. The van der Waals surface area contributed by atoms with Crippen molar-refractivity contribution in [3.63, 3.8) is 0 Å². The van der Waals surface area contributed by atoms with Crippen LogP contribution in [-0.2, 0) is 11.0 Å². The van der Waals surface area contributed by atoms with Crippen LogP contribution in [0.5, 0.6) is 0 Å². The van der Waals surface area contributed by atoms with Crippen LogP contribution in [0.15, 0.2) is 53.9 Å². The standard InChI is InChI=1S/C18H14ClF3N4OS/c1-11-2-5-13(6-3-11)26-10-23-25-17(26)28-9-16(27)24-12-4-7-15(19)14(8-12)18(20,21)22/h2-8,10H,9H2,1H3,(H,24,27). The van der Waals surface area contributed by atoms with Crippen LogP contribution in [0.2, 0.25) is 5.02 Å². The highest BCUT2D eigenvalue weighted by molar-refractivity contribution is 7.99. The molecule has 146 valence electrons. The van der Waals surface area contributed by atoms with Gasteiger partial charge in [-0.05, 0) is 37.3 Å². The van der Waals surface area contributed by atoms with Gasteiger partial charge in [0, 0.05) is 11.4 Å². The number of anilines is 1. The predicted molar refractivity (Wildman–Crippen MR) is 102 cm³/mol. The molecule has 0 atom stereocenters. The monoisotopic (exact) mass is 426 g/mol. The van der Waals surface area contributed by atoms with E-state index in [9.17, 15) is 18.0 Å². The second-order valence-electron chi connectivity index (χ2n) is 5.85. The summed E-state index contributed by atoms with van der Waals surface area (Å²) < 4.78 is 40.5. The molecule has 1 heterocycles. The molecule has 2 aromatic carbocycles. The second kappa shape index (κ2) is 8.24. The molecular weight excluding hydrogens is 413 g/mol. The van der Waals surface area contributed by atoms with Gasteiger partial charge in [-0.3, -0.25) is 9.36 Å². The molecule has 0 aliphatic carbocycles. The molecule has 0 unspecified atom stereocenters. The molecule has 0 radical (unpaired) electrons. The summed E-state index contributed by atoms with van der Waals surface area (Å²) in [4.78, 5) is 12.1. The third kappa shape index (κ3) is 4.85. The lowest BCUT2D eigenvalue weighted by molar-refractivity contribution is -0.137. The largest absolute Gasteiger partial charge is 0.417 e. The van der Waals surface area contributed by atoms with Crippen molar-refractivity contribution in [3.8, 4) is 5.69 Å². The average molecular weight is 427 g/mol. The number of aryl methyl sites for hydroxylation is 1. The Morgan fingerprint density at radius 3 is 2.61 bits per heavy atom. The van der Waals surface area contributed by atoms with Crippen LogP contribution in [-0.4, -0.2) is 26.4 Å². The van der Waals surface area contributed by atoms with E-state index in [0.717, 1.165) is 35.1 Å². The van der Waals surface area contributed by atoms with Gasteiger partial charge in [-0.25, -0.2) is 0 Å². The third-order valence-corrected chi connectivity index (χ3v) is 4.99. The Hall–Kier alpha value is -2.52. The van der Waals surface area contributed by atoms with Crippen molar-refractivity contribution in [2.45, 2.75) is 18.3 Å². The maximum absolute atomic E-state index is 12.9. The van der Waals surface area contributed by atoms with Crippen LogP contribution in [0.25, 0.3) is 5.69 Å². The van der Waals surface area contributed by atoms with Gasteiger partial charge in [0.25, 0.3) is 0 Å². The van der Waals surface area contributed by atoms with Crippen molar-refractivity contribution in [1.29, 1.82) is 0 Å². The Morgan fingerprint density at radius 1 is 1.21 bits per heavy atom. The van der Waals surface area contributed by atoms with Crippen LogP contribution < -0.4 is 5.32 Å². The maximum Gasteiger partial charge on any atom is 0.417 e. The van der Waals surface area contributed by atoms with E-state index >= 15 is 0 Å². The van der Waals surface area contributed by atoms with Crippen molar-refractivity contribution in [3.05, 3.63) is 64.9 Å². The minimum absolute atomic E-state index is 0.0160. The van der Waals surface area contributed by atoms with Gasteiger partial charge >= 0.3 is 6.18 Å². The fourth-order valence-electron chi connectivity index (χ4n) is 2.35. The van der Waals surface area contributed by atoms with Gasteiger partial charge in [0.2, 0.25) is 5.91 Å². The topological polar surface area (TPSA) is 59.8 Å². The van der Waals surface area contributed by atoms with Crippen molar-refractivity contribution < 1.29 is 18.0 Å². The van der Waals surface area contributed by atoms with Crippen molar-refractivity contribution in [1.82, 2.24) is 14.8 Å². The van der Waals surface area contributed by atoms with E-state index in [1.165, 1.54) is 12.4 Å². The number of hydrogen-bond donors (Lipinski definition) is 1. The highest BCUT2D eigenvalue weighted by atomic mass is 35.5. The van der Waals surface area contributed by atoms with Crippen molar-refractivity contribution in [2.24, 2.45) is 0 Å². The average Bonchev–Trinajstić information content (AvgIpc) is 3.10. The smallest absolute Gasteiger partial charge is 0.325 e. The summed E-state index contributed by atoms with van der Waals surface area (Å²) in [5, 5.41) is 10.3. The number of rotatable bonds is 5. The van der Waals surface area contributed by atoms with Crippen molar-refractivity contribution >= 4 is 35.0 Å². The van der Waals surface area contributed by atoms with Gasteiger partial charge < -0.3 is 5.32 Å². The molecular formula is C18H14ClF3N4OS. The molecule has 3 aromatic rings. The van der Waals surface area contributed by atoms with Gasteiger partial charge in [-0.1, -0.05) is 41.1 Å². The summed E-state index contributed by atoms with van der Waals surface area (Å²) >= 11 is 6.70. The quantitative estimate of drug-likeness (QED) is 0.584. The van der Waals surface area contributed by atoms with Crippen molar-refractivity contribution in [2.75, 3.05) is 11.1 Å². The fraction of sp³-hybridized carbons (Fsp3) is 0.167. The van der Waals surface area contributed by atoms with E-state index in [1.807, 2.05) is 31.2 Å². The summed E-state index contributed by atoms with van der Waals surface area (Å²) in [6, 6.07) is 10.9. The van der Waals surface area contributed by atoms with E-state index in [0.29, 0.717) is 5.16 Å². The molecule has 5 nitrogen and oxygen atoms in total. The zero-order valence-corrected chi connectivity index (χ0v) is 16.1. The molecule has 10 heteroatoms. The van der Waals surface area contributed by atoms with E-state index in [1.54, 1.807) is 4.57 Å². The molecule has 3 rings (SSSR count). The third-order valence-electron chi connectivity index (χ3n) is 3.72. The minimum atomic E-state index is -4.60. The van der Waals surface area contributed by atoms with E-state index in [2.05, 4.69) is 15.5 Å². The number of thioether (sulfide) groups is 1. The van der Waals surface area contributed by atoms with Gasteiger partial charge in [-0.2, -0.15) is 13.2 Å². The first-order valence-corrected chi connectivity index (χ1v) is 9.37. The number of aromatic nitrogens is 3. The molecule has 1 aromatic heterocycles. The Morgan fingerprint density at radius 2 is 1.93 bits per heavy atom. The summed E-state index contributed by atoms with van der Waals surface area (Å²) in [7, 11) is 0. The number of hydrogen-bond acceptors (Lipinski definition) is 4. The van der Waals surface area contributed by atoms with Gasteiger partial charge in [0.15, 0.2) is 5.16 Å². The highest BCUT2D eigenvalue weighted by Crippen LogP contribution is 2.36. The predicted octanol–water partition coefficient (Wildman–Crippen LogP) is 4.98. The van der Waals surface area contributed by atoms with Crippen LogP contribution in [0.3, 0.4) is 0 Å². The summed E-state index contributed by atoms with van der Waals surface area (Å²) in [5.41, 5.74) is 0.957. The summed E-state index contributed by atoms with van der Waals surface area (Å²) in [6.07, 6.45) is -3.07. The summed E-state index contributed by atoms with van der Waals surface area (Å²) in [5.74, 6) is -0.520. The van der Waals surface area contributed by atoms with Crippen LogP contribution in [0.4, 0.5) is 18.9 Å². The van der Waals surface area contributed by atoms with E-state index in [-0.39, 0.29) is 11.4 Å². The number of carbonyl (C=O) groups is 1. The molecule has 0 bridgehead atoms. The lowest BCUT2D eigenvalue weighted by atomic mass is 10.2. The Kier molecular flexibility index (Phi) is 5.95. The molecule has 1 N–H and O–H groups in total. The molecule has 0 fully saturated rings. The lowest BCUT2D eigenvalue weighted by Crippen LogP contribution is -2.15. The zero-order chi connectivity index (χ0) is 20.3. The van der Waals surface area contributed by atoms with E-state index < -0.39 is 22.7 Å². The molecule has 0 saturated carbocycles. The number of amides is 1. The molecule has 0 spiro atoms.